The molecule has 1 saturated heterocycles. The third kappa shape index (κ3) is 24.3. The lowest BCUT2D eigenvalue weighted by Gasteiger charge is -2.49. The van der Waals surface area contributed by atoms with Crippen molar-refractivity contribution in [3.05, 3.63) is 116 Å². The molecule has 11 bridgehead atoms. The standard InChI is InChI=1S/C90H119Cl2N7O29/c1-7-9-10-11-12-13-15-25-95-90(6)37-50(27-43(5)83(90)118)124-82-80(117)78(115)67(40-101)127-89(82)128-81-65-32-48-33-66(81)126-64-23-20-47(30-56(64)92)74(111)72-87(122)99-88(123-41-102)53-36-59(105)54(38-94-24-16-14-17-58(104)76(113)79(116)77(114)62(108)39-100)75(112)69(53)52-28-45(18-21-57(52)103)51(86(121)98-72)35-61(107)70(48)96-85(120)49(34-68(93)109)31-60(106)71(97-84(119)44(8-2)26-42(3)4)73(110)46-19-22-63(125-65)55(91)29-46/h18-23,28-30,32-33,36,41-44,49-51,62,67,70-74,76-80,82-83,88-89,94-95,100-101,103,105,108,110-118H,7-17,24-27,31,34-35,37-40H2,1-6H3,(H2,93,109)(H,96,120)(H,97,119)(H,98,121)(H,99,122)/t43-,44-,49+,50-,51+,62-,67-,70-,71+,72+,73-,74-,76+,77-,78?,79-,80?,82-,83-,88-,89+,90?/m1/s1. The van der Waals surface area contributed by atoms with E-state index in [0.29, 0.717) is 13.0 Å². The maximum atomic E-state index is 16.6. The molecule has 5 amide bonds. The topological polar surface area (TPSA) is 590 Å². The number of nitrogens with one attached hydrogen (secondary N) is 6. The number of hydrogen-bond donors (Lipinski definition) is 21. The third-order valence-corrected chi connectivity index (χ3v) is 25.0. The summed E-state index contributed by atoms with van der Waals surface area (Å²) < 4.78 is 39.3. The van der Waals surface area contributed by atoms with E-state index in [2.05, 4.69) is 38.8 Å². The molecule has 12 rings (SSSR count). The minimum absolute atomic E-state index is 0.000768. The van der Waals surface area contributed by atoms with Crippen LogP contribution in [0.2, 0.25) is 10.0 Å². The number of halogens is 2. The number of Topliss-reactive ketones (excluding diaryl/α,β-unsaturated/α-hetero) is 3. The Hall–Kier alpha value is -9.29. The van der Waals surface area contributed by atoms with Crippen LogP contribution in [0.3, 0.4) is 0 Å². The Balaban J connectivity index is 1.16. The van der Waals surface area contributed by atoms with Crippen LogP contribution in [0.25, 0.3) is 11.1 Å². The number of amides is 5. The molecule has 22 N–H and O–H groups in total. The molecule has 1 saturated carbocycles. The van der Waals surface area contributed by atoms with Crippen LogP contribution >= 0.6 is 23.2 Å². The number of benzene rings is 5. The number of phenolic OH excluding ortho intramolecular Hbond substituents is 3. The summed E-state index contributed by atoms with van der Waals surface area (Å²) >= 11 is 14.5. The summed E-state index contributed by atoms with van der Waals surface area (Å²) in [5.74, 6) is -18.7. The second kappa shape index (κ2) is 45.5. The Labute approximate surface area is 749 Å². The maximum absolute atomic E-state index is 16.6. The van der Waals surface area contributed by atoms with Crippen LogP contribution in [0.4, 0.5) is 0 Å². The molecule has 3 unspecified atom stereocenters. The first-order valence-corrected chi connectivity index (χ1v) is 44.1. The monoisotopic (exact) mass is 1830 g/mol. The molecule has 0 radical (unpaired) electrons. The van der Waals surface area contributed by atoms with Gasteiger partial charge in [0.1, 0.15) is 108 Å². The van der Waals surface area contributed by atoms with Crippen LogP contribution in [0.1, 0.15) is 214 Å². The van der Waals surface area contributed by atoms with E-state index < -0.39 is 275 Å². The summed E-state index contributed by atoms with van der Waals surface area (Å²) in [6, 6.07) is 7.35. The largest absolute Gasteiger partial charge is 0.507 e. The first-order valence-electron chi connectivity index (χ1n) is 43.3. The summed E-state index contributed by atoms with van der Waals surface area (Å²) in [5.41, 5.74) is 2.18. The van der Waals surface area contributed by atoms with Crippen molar-refractivity contribution in [1.82, 2.24) is 31.9 Å². The summed E-state index contributed by atoms with van der Waals surface area (Å²) in [6.45, 7) is 9.34. The first kappa shape index (κ1) is 101. The SMILES string of the molecule is CCCCCCCCCNC1(C)C[C@H](O[C@@H]2C(O)C(O)[C@@H](CO)O[C@H]2Oc2c3cc4cc2Oc2ccc(cc2Cl)[C@@H](O)[C@@H](NC(=O)[C@H](CC)CC(C)C)C(=O)C[C@@H](CC(N)=O)C(=O)N[C@H]4C(=O)C[C@@H]2C(=O)N[C@H](C(=O)N[C@H](OC=O)c4cc(O)c(CNCCCCC(=O)[C@H](O)[C@@H](O)[C@H](O)[C@H](O)CO)c(O)c4-c4cc2ccc4O)[C@H](O)c2ccc(c(Cl)c2)O3)C[C@@H](C)[C@H]1O. The predicted octanol–water partition coefficient (Wildman–Crippen LogP) is 4.88. The quantitative estimate of drug-likeness (QED) is 0.0190. The van der Waals surface area contributed by atoms with Crippen molar-refractivity contribution >= 4 is 76.6 Å². The minimum Gasteiger partial charge on any atom is -0.507 e. The van der Waals surface area contributed by atoms with Crippen molar-refractivity contribution in [3.8, 4) is 57.1 Å². The fourth-order valence-electron chi connectivity index (χ4n) is 17.2. The lowest BCUT2D eigenvalue weighted by atomic mass is 9.73. The van der Waals surface area contributed by atoms with Gasteiger partial charge >= 0.3 is 0 Å². The summed E-state index contributed by atoms with van der Waals surface area (Å²) in [4.78, 5) is 132. The van der Waals surface area contributed by atoms with E-state index in [4.69, 9.17) is 57.4 Å². The zero-order chi connectivity index (χ0) is 93.4. The molecule has 7 aliphatic rings. The highest BCUT2D eigenvalue weighted by Crippen LogP contribution is 2.52. The number of aliphatic hydroxyl groups excluding tert-OH is 11. The van der Waals surface area contributed by atoms with Crippen LogP contribution in [0.5, 0.6) is 46.0 Å². The average Bonchev–Trinajstić information content (AvgIpc) is 0.752. The molecule has 6 aliphatic heterocycles. The Kier molecular flexibility index (Phi) is 35.9. The number of carbonyl (C=O) groups excluding carboxylic acids is 9. The van der Waals surface area contributed by atoms with Crippen LogP contribution < -0.4 is 51.8 Å². The maximum Gasteiger partial charge on any atom is 0.295 e. The van der Waals surface area contributed by atoms with Crippen molar-refractivity contribution in [2.75, 3.05) is 26.3 Å². The normalized spacial score (nSPS) is 26.9. The molecule has 38 heteroatoms. The lowest BCUT2D eigenvalue weighted by molar-refractivity contribution is -0.299. The van der Waals surface area contributed by atoms with E-state index in [1.165, 1.54) is 30.3 Å². The molecular weight excluding hydrogens is 1710 g/mol. The number of rotatable bonds is 35. The molecule has 128 heavy (non-hydrogen) atoms. The van der Waals surface area contributed by atoms with Gasteiger partial charge in [-0.15, -0.1) is 0 Å². The molecule has 702 valence electrons. The number of phenols is 3. The predicted molar refractivity (Wildman–Crippen MR) is 459 cm³/mol. The zero-order valence-electron chi connectivity index (χ0n) is 72.0. The van der Waals surface area contributed by atoms with Crippen molar-refractivity contribution in [2.24, 2.45) is 29.4 Å². The van der Waals surface area contributed by atoms with Gasteiger partial charge in [0.15, 0.2) is 28.8 Å². The van der Waals surface area contributed by atoms with Crippen molar-refractivity contribution in [1.29, 1.82) is 0 Å². The third-order valence-electron chi connectivity index (χ3n) is 24.4. The number of primary amides is 1. The molecule has 6 heterocycles. The fraction of sp³-hybridized carbons (Fsp3) is 0.567. The van der Waals surface area contributed by atoms with Gasteiger partial charge in [-0.1, -0.05) is 115 Å². The van der Waals surface area contributed by atoms with Crippen LogP contribution in [0.15, 0.2) is 72.8 Å². The highest BCUT2D eigenvalue weighted by atomic mass is 35.5. The van der Waals surface area contributed by atoms with Gasteiger partial charge in [0.25, 0.3) is 6.47 Å². The lowest BCUT2D eigenvalue weighted by Crippen LogP contribution is -2.64. The molecule has 1 aliphatic carbocycles. The second-order valence-corrected chi connectivity index (χ2v) is 35.3. The molecule has 5 aromatic carbocycles. The van der Waals surface area contributed by atoms with E-state index in [0.717, 1.165) is 87.4 Å². The van der Waals surface area contributed by atoms with Crippen molar-refractivity contribution < 1.29 is 143 Å². The smallest absolute Gasteiger partial charge is 0.295 e. The van der Waals surface area contributed by atoms with Crippen molar-refractivity contribution in [3.63, 3.8) is 0 Å². The van der Waals surface area contributed by atoms with E-state index >= 15 is 24.0 Å². The Bertz CT molecular complexity index is 4760. The van der Waals surface area contributed by atoms with E-state index in [-0.39, 0.29) is 102 Å². The molecule has 2 fully saturated rings. The van der Waals surface area contributed by atoms with E-state index in [1.54, 1.807) is 6.92 Å². The molecule has 36 nitrogen and oxygen atoms in total. The van der Waals surface area contributed by atoms with E-state index in [1.807, 2.05) is 27.7 Å². The minimum atomic E-state index is -2.25. The summed E-state index contributed by atoms with van der Waals surface area (Å²) in [5, 5.41) is 175. The molecule has 0 aromatic heterocycles. The second-order valence-electron chi connectivity index (χ2n) is 34.5. The molecule has 22 atom stereocenters. The van der Waals surface area contributed by atoms with Crippen molar-refractivity contribution in [2.45, 2.75) is 273 Å². The van der Waals surface area contributed by atoms with Gasteiger partial charge in [0.2, 0.25) is 47.8 Å². The Morgan fingerprint density at radius 3 is 1.97 bits per heavy atom. The van der Waals surface area contributed by atoms with Gasteiger partial charge in [-0.2, -0.15) is 0 Å². The number of nitrogens with two attached hydrogens (primary N) is 1. The number of ketones is 3. The Morgan fingerprint density at radius 1 is 0.711 bits per heavy atom. The van der Waals surface area contributed by atoms with Crippen LogP contribution in [0, 0.1) is 23.7 Å². The van der Waals surface area contributed by atoms with Gasteiger partial charge in [0.05, 0.1) is 52.9 Å². The van der Waals surface area contributed by atoms with Gasteiger partial charge < -0.3 is 138 Å². The molecular formula is C90H119Cl2N7O29. The highest BCUT2D eigenvalue weighted by Gasteiger charge is 2.52. The number of ether oxygens (including phenoxy) is 6. The average molecular weight is 1830 g/mol. The molecule has 0 spiro atoms. The van der Waals surface area contributed by atoms with Gasteiger partial charge in [-0.3, -0.25) is 43.2 Å². The van der Waals surface area contributed by atoms with Gasteiger partial charge in [0, 0.05) is 60.4 Å². The number of aromatic hydroxyl groups is 3. The van der Waals surface area contributed by atoms with Gasteiger partial charge in [-0.25, -0.2) is 0 Å². The summed E-state index contributed by atoms with van der Waals surface area (Å²) in [7, 11) is 0. The fourth-order valence-corrected chi connectivity index (χ4v) is 17.7. The van der Waals surface area contributed by atoms with Crippen LogP contribution in [-0.4, -0.2) is 236 Å². The Morgan fingerprint density at radius 2 is 1.35 bits per heavy atom. The van der Waals surface area contributed by atoms with E-state index in [9.17, 15) is 90.7 Å². The summed E-state index contributed by atoms with van der Waals surface area (Å²) in [6.07, 6.45) is -20.6. The highest BCUT2D eigenvalue weighted by molar-refractivity contribution is 6.32. The van der Waals surface area contributed by atoms with Crippen LogP contribution in [-0.2, 0) is 63.9 Å². The number of unbranched alkanes of at least 4 members (excludes halogenated alkanes) is 7. The van der Waals surface area contributed by atoms with Gasteiger partial charge in [-0.05, 0) is 154 Å². The number of carbonyl (C=O) groups is 9. The zero-order valence-corrected chi connectivity index (χ0v) is 73.5. The number of fused-ring (bicyclic) bond motifs is 15. The number of hydrogen-bond acceptors (Lipinski definition) is 31. The first-order chi connectivity index (χ1) is 60.8. The molecule has 5 aromatic rings. The number of aliphatic hydroxyl groups is 11.